The van der Waals surface area contributed by atoms with Crippen LogP contribution in [0.1, 0.15) is 38.0 Å². The van der Waals surface area contributed by atoms with Crippen LogP contribution in [0.4, 0.5) is 0 Å². The van der Waals surface area contributed by atoms with Gasteiger partial charge in [-0.3, -0.25) is 0 Å². The molecule has 0 spiro atoms. The van der Waals surface area contributed by atoms with Gasteiger partial charge in [-0.1, -0.05) is 59.7 Å². The number of hydrogen-bond donors (Lipinski definition) is 0. The summed E-state index contributed by atoms with van der Waals surface area (Å²) in [5, 5.41) is 3.44. The average Bonchev–Trinajstić information content (AvgIpc) is 2.99. The first kappa shape index (κ1) is 28.3. The van der Waals surface area contributed by atoms with Gasteiger partial charge in [-0.25, -0.2) is 14.4 Å². The van der Waals surface area contributed by atoms with Gasteiger partial charge in [0.05, 0.1) is 29.4 Å². The zero-order chi connectivity index (χ0) is 28.3. The van der Waals surface area contributed by atoms with Crippen LogP contribution < -0.4 is 0 Å². The minimum absolute atomic E-state index is 0.0228. The van der Waals surface area contributed by atoms with E-state index in [0.29, 0.717) is 0 Å². The van der Waals surface area contributed by atoms with Gasteiger partial charge in [0.1, 0.15) is 0 Å². The van der Waals surface area contributed by atoms with Gasteiger partial charge in [-0.05, 0) is 48.9 Å². The second kappa shape index (κ2) is 13.9. The minimum atomic E-state index is -1.35. The van der Waals surface area contributed by atoms with Crippen molar-refractivity contribution in [1.29, 1.82) is 0 Å². The molecular weight excluding hydrogens is 518 g/mol. The van der Waals surface area contributed by atoms with E-state index < -0.39 is 48.6 Å². The zero-order valence-corrected chi connectivity index (χ0v) is 21.6. The quantitative estimate of drug-likeness (QED) is 0.0887. The van der Waals surface area contributed by atoms with E-state index in [0.717, 1.165) is 0 Å². The molecular formula is C29H27N3O8. The number of carbonyl (C=O) groups is 3. The number of rotatable bonds is 10. The standard InChI is InChI=1S/C29H27N3O8/c1-19-23(38-26(33)20-11-5-2-6-12-20)24(39-27(34)21-13-7-3-8-14-21)25(29(37-19)36-18-17-31-32-30)40-28(35)22-15-9-4-10-16-22/h2-16,19,23-25,29H,17-18H2,1H3/t19-,23-,24+,25-,29-/m1/s1. The summed E-state index contributed by atoms with van der Waals surface area (Å²) in [6, 6.07) is 24.7. The molecule has 0 aromatic heterocycles. The Morgan fingerprint density at radius 2 is 1.15 bits per heavy atom. The molecule has 206 valence electrons. The van der Waals surface area contributed by atoms with E-state index in [4.69, 9.17) is 29.2 Å². The lowest BCUT2D eigenvalue weighted by molar-refractivity contribution is -0.290. The molecule has 0 aliphatic carbocycles. The second-order valence-corrected chi connectivity index (χ2v) is 8.74. The average molecular weight is 546 g/mol. The van der Waals surface area contributed by atoms with E-state index in [1.165, 1.54) is 0 Å². The number of hydrogen-bond acceptors (Lipinski definition) is 9. The molecule has 0 saturated carbocycles. The fourth-order valence-electron chi connectivity index (χ4n) is 4.08. The maximum absolute atomic E-state index is 13.2. The lowest BCUT2D eigenvalue weighted by Crippen LogP contribution is -2.61. The van der Waals surface area contributed by atoms with Crippen molar-refractivity contribution in [3.05, 3.63) is 118 Å². The van der Waals surface area contributed by atoms with Crippen LogP contribution in [0.25, 0.3) is 10.4 Å². The molecule has 0 N–H and O–H groups in total. The summed E-state index contributed by atoms with van der Waals surface area (Å²) in [4.78, 5) is 42.0. The van der Waals surface area contributed by atoms with Gasteiger partial charge in [-0.15, -0.1) is 0 Å². The highest BCUT2D eigenvalue weighted by molar-refractivity contribution is 5.91. The largest absolute Gasteiger partial charge is 0.452 e. The summed E-state index contributed by atoms with van der Waals surface area (Å²) >= 11 is 0. The normalized spacial score (nSPS) is 21.9. The van der Waals surface area contributed by atoms with Gasteiger partial charge in [0.2, 0.25) is 0 Å². The molecule has 11 nitrogen and oxygen atoms in total. The molecule has 4 rings (SSSR count). The number of ether oxygens (including phenoxy) is 5. The van der Waals surface area contributed by atoms with E-state index in [-0.39, 0.29) is 29.8 Å². The summed E-state index contributed by atoms with van der Waals surface area (Å²) in [6.45, 7) is 1.52. The van der Waals surface area contributed by atoms with E-state index in [2.05, 4.69) is 10.0 Å². The third-order valence-corrected chi connectivity index (χ3v) is 6.02. The van der Waals surface area contributed by atoms with Crippen LogP contribution >= 0.6 is 0 Å². The second-order valence-electron chi connectivity index (χ2n) is 8.74. The Hall–Kier alpha value is -4.70. The highest BCUT2D eigenvalue weighted by atomic mass is 16.7. The van der Waals surface area contributed by atoms with Crippen molar-refractivity contribution in [2.45, 2.75) is 37.6 Å². The Morgan fingerprint density at radius 1 is 0.725 bits per heavy atom. The van der Waals surface area contributed by atoms with Crippen molar-refractivity contribution >= 4 is 17.9 Å². The first-order valence-corrected chi connectivity index (χ1v) is 12.5. The number of azide groups is 1. The monoisotopic (exact) mass is 545 g/mol. The molecule has 0 radical (unpaired) electrons. The van der Waals surface area contributed by atoms with E-state index in [9.17, 15) is 14.4 Å². The predicted molar refractivity (Wildman–Crippen MR) is 141 cm³/mol. The van der Waals surface area contributed by atoms with Crippen LogP contribution in [0.2, 0.25) is 0 Å². The summed E-state index contributed by atoms with van der Waals surface area (Å²) in [5.74, 6) is -2.15. The molecule has 1 aliphatic heterocycles. The minimum Gasteiger partial charge on any atom is -0.452 e. The lowest BCUT2D eigenvalue weighted by Gasteiger charge is -2.43. The Labute approximate surface area is 230 Å². The Morgan fingerprint density at radius 3 is 1.60 bits per heavy atom. The maximum atomic E-state index is 13.2. The van der Waals surface area contributed by atoms with Crippen molar-refractivity contribution < 1.29 is 38.1 Å². The summed E-state index contributed by atoms with van der Waals surface area (Å²) < 4.78 is 29.2. The number of esters is 3. The topological polar surface area (TPSA) is 146 Å². The lowest BCUT2D eigenvalue weighted by atomic mass is 9.98. The molecule has 1 heterocycles. The van der Waals surface area contributed by atoms with Gasteiger partial charge >= 0.3 is 17.9 Å². The van der Waals surface area contributed by atoms with Crippen LogP contribution in [-0.4, -0.2) is 61.8 Å². The van der Waals surface area contributed by atoms with Crippen molar-refractivity contribution in [2.75, 3.05) is 13.2 Å². The molecule has 3 aromatic rings. The van der Waals surface area contributed by atoms with Gasteiger partial charge in [-0.2, -0.15) is 0 Å². The maximum Gasteiger partial charge on any atom is 0.338 e. The molecule has 0 unspecified atom stereocenters. The summed E-state index contributed by atoms with van der Waals surface area (Å²) in [5.41, 5.74) is 9.35. The SMILES string of the molecule is C[C@H]1O[C@@H](OCCN=[N+]=[N-])[C@H](OC(=O)c2ccccc2)[C@@H](OC(=O)c2ccccc2)[C@@H]1OC(=O)c1ccccc1. The third-order valence-electron chi connectivity index (χ3n) is 6.02. The Bertz CT molecular complexity index is 1330. The van der Waals surface area contributed by atoms with Crippen molar-refractivity contribution in [3.8, 4) is 0 Å². The molecule has 1 saturated heterocycles. The van der Waals surface area contributed by atoms with E-state index in [1.807, 2.05) is 0 Å². The Kier molecular flexibility index (Phi) is 9.84. The van der Waals surface area contributed by atoms with Crippen molar-refractivity contribution in [1.82, 2.24) is 0 Å². The van der Waals surface area contributed by atoms with Crippen LogP contribution in [0.15, 0.2) is 96.1 Å². The van der Waals surface area contributed by atoms with Crippen molar-refractivity contribution in [3.63, 3.8) is 0 Å². The van der Waals surface area contributed by atoms with Gasteiger partial charge in [0.15, 0.2) is 24.6 Å². The molecule has 0 amide bonds. The van der Waals surface area contributed by atoms with Crippen LogP contribution in [-0.2, 0) is 23.7 Å². The highest BCUT2D eigenvalue weighted by Gasteiger charge is 2.51. The van der Waals surface area contributed by atoms with Crippen LogP contribution in [0.3, 0.4) is 0 Å². The summed E-state index contributed by atoms with van der Waals surface area (Å²) in [7, 11) is 0. The molecule has 1 fully saturated rings. The first-order chi connectivity index (χ1) is 19.5. The predicted octanol–water partition coefficient (Wildman–Crippen LogP) is 4.73. The molecule has 1 aliphatic rings. The van der Waals surface area contributed by atoms with E-state index in [1.54, 1.807) is 97.9 Å². The number of nitrogens with zero attached hydrogens (tertiary/aromatic N) is 3. The van der Waals surface area contributed by atoms with Crippen LogP contribution in [0.5, 0.6) is 0 Å². The van der Waals surface area contributed by atoms with Crippen molar-refractivity contribution in [2.24, 2.45) is 5.11 Å². The third kappa shape index (κ3) is 7.23. The Balaban J connectivity index is 1.68. The molecule has 5 atom stereocenters. The summed E-state index contributed by atoms with van der Waals surface area (Å²) in [6.07, 6.45) is -5.93. The highest BCUT2D eigenvalue weighted by Crippen LogP contribution is 2.31. The molecule has 11 heteroatoms. The molecule has 40 heavy (non-hydrogen) atoms. The molecule has 3 aromatic carbocycles. The number of benzene rings is 3. The van der Waals surface area contributed by atoms with Gasteiger partial charge < -0.3 is 23.7 Å². The fourth-order valence-corrected chi connectivity index (χ4v) is 4.08. The van der Waals surface area contributed by atoms with E-state index >= 15 is 0 Å². The van der Waals surface area contributed by atoms with Gasteiger partial charge in [0.25, 0.3) is 0 Å². The number of carbonyl (C=O) groups excluding carboxylic acids is 3. The smallest absolute Gasteiger partial charge is 0.338 e. The van der Waals surface area contributed by atoms with Gasteiger partial charge in [0, 0.05) is 11.5 Å². The first-order valence-electron chi connectivity index (χ1n) is 12.5. The fraction of sp³-hybridized carbons (Fsp3) is 0.276. The zero-order valence-electron chi connectivity index (χ0n) is 21.6. The van der Waals surface area contributed by atoms with Crippen LogP contribution in [0, 0.1) is 0 Å². The molecule has 0 bridgehead atoms.